The summed E-state index contributed by atoms with van der Waals surface area (Å²) in [5.41, 5.74) is 0. The summed E-state index contributed by atoms with van der Waals surface area (Å²) in [5, 5.41) is 0. The van der Waals surface area contributed by atoms with Gasteiger partial charge >= 0.3 is 0 Å². The number of carbonyl (C=O) groups excluding carboxylic acids is 1. The van der Waals surface area contributed by atoms with Crippen LogP contribution in [0.3, 0.4) is 0 Å². The lowest BCUT2D eigenvalue weighted by molar-refractivity contribution is -0.107. The average molecular weight is 184 g/mol. The highest BCUT2D eigenvalue weighted by atomic mass is 16.5. The largest absolute Gasteiger partial charge is 0.378 e. The smallest absolute Gasteiger partial charge is 0.119 e. The van der Waals surface area contributed by atoms with E-state index in [1.165, 1.54) is 25.7 Å². The molecule has 0 saturated heterocycles. The third-order valence-electron chi connectivity index (χ3n) is 2.62. The molecular weight excluding hydrogens is 164 g/mol. The van der Waals surface area contributed by atoms with Crippen LogP contribution in [0.2, 0.25) is 0 Å². The Labute approximate surface area is 80.7 Å². The van der Waals surface area contributed by atoms with Gasteiger partial charge in [-0.2, -0.15) is 0 Å². The zero-order chi connectivity index (χ0) is 9.36. The Morgan fingerprint density at radius 3 is 2.62 bits per heavy atom. The molecule has 1 aliphatic carbocycles. The Balaban J connectivity index is 1.80. The third kappa shape index (κ3) is 5.04. The molecule has 1 rings (SSSR count). The number of unbranched alkanes of at least 4 members (excludes halogenated alkanes) is 3. The quantitative estimate of drug-likeness (QED) is 0.449. The van der Waals surface area contributed by atoms with Crippen molar-refractivity contribution in [3.05, 3.63) is 0 Å². The van der Waals surface area contributed by atoms with Crippen LogP contribution < -0.4 is 0 Å². The minimum atomic E-state index is 0.547. The highest BCUT2D eigenvalue weighted by molar-refractivity contribution is 5.48. The second-order valence-electron chi connectivity index (χ2n) is 3.79. The van der Waals surface area contributed by atoms with E-state index in [-0.39, 0.29) is 0 Å². The van der Waals surface area contributed by atoms with Crippen molar-refractivity contribution in [1.29, 1.82) is 0 Å². The van der Waals surface area contributed by atoms with E-state index in [1.807, 2.05) is 0 Å². The number of ether oxygens (including phenoxy) is 1. The number of rotatable bonds is 7. The van der Waals surface area contributed by atoms with Gasteiger partial charge in [0.2, 0.25) is 0 Å². The van der Waals surface area contributed by atoms with E-state index in [0.29, 0.717) is 12.5 Å². The molecule has 0 atom stereocenters. The van der Waals surface area contributed by atoms with Gasteiger partial charge in [-0.3, -0.25) is 0 Å². The molecule has 2 nitrogen and oxygen atoms in total. The van der Waals surface area contributed by atoms with Gasteiger partial charge in [-0.05, 0) is 25.7 Å². The van der Waals surface area contributed by atoms with Gasteiger partial charge in [0.25, 0.3) is 0 Å². The first-order valence-corrected chi connectivity index (χ1v) is 5.48. The van der Waals surface area contributed by atoms with E-state index in [4.69, 9.17) is 4.74 Å². The van der Waals surface area contributed by atoms with Crippen LogP contribution in [0.25, 0.3) is 0 Å². The van der Waals surface area contributed by atoms with E-state index in [0.717, 1.165) is 32.2 Å². The average Bonchev–Trinajstić information content (AvgIpc) is 2.63. The van der Waals surface area contributed by atoms with E-state index in [9.17, 15) is 4.79 Å². The Bertz CT molecular complexity index is 128. The van der Waals surface area contributed by atoms with Gasteiger partial charge in [-0.1, -0.05) is 19.3 Å². The normalized spacial score (nSPS) is 17.8. The first kappa shape index (κ1) is 10.7. The highest BCUT2D eigenvalue weighted by Crippen LogP contribution is 2.21. The van der Waals surface area contributed by atoms with Crippen LogP contribution >= 0.6 is 0 Å². The second-order valence-corrected chi connectivity index (χ2v) is 3.79. The number of aldehydes is 1. The molecule has 0 aromatic carbocycles. The SMILES string of the molecule is O=CCCCCCOC1CCCC1. The van der Waals surface area contributed by atoms with Gasteiger partial charge in [-0.25, -0.2) is 0 Å². The van der Waals surface area contributed by atoms with Gasteiger partial charge in [0.1, 0.15) is 6.29 Å². The fourth-order valence-corrected chi connectivity index (χ4v) is 1.81. The van der Waals surface area contributed by atoms with Crippen LogP contribution in [0.5, 0.6) is 0 Å². The van der Waals surface area contributed by atoms with Crippen LogP contribution in [-0.2, 0) is 9.53 Å². The molecule has 76 valence electrons. The second kappa shape index (κ2) is 7.07. The summed E-state index contributed by atoms with van der Waals surface area (Å²) >= 11 is 0. The lowest BCUT2D eigenvalue weighted by Crippen LogP contribution is -2.08. The van der Waals surface area contributed by atoms with Crippen molar-refractivity contribution < 1.29 is 9.53 Å². The zero-order valence-electron chi connectivity index (χ0n) is 8.34. The molecule has 1 aliphatic rings. The summed E-state index contributed by atoms with van der Waals surface area (Å²) in [6.07, 6.45) is 10.7. The minimum absolute atomic E-state index is 0.547. The minimum Gasteiger partial charge on any atom is -0.378 e. The summed E-state index contributed by atoms with van der Waals surface area (Å²) in [6, 6.07) is 0. The third-order valence-corrected chi connectivity index (χ3v) is 2.62. The van der Waals surface area contributed by atoms with Crippen LogP contribution in [-0.4, -0.2) is 19.0 Å². The lowest BCUT2D eigenvalue weighted by atomic mass is 10.2. The summed E-state index contributed by atoms with van der Waals surface area (Å²) < 4.78 is 5.69. The van der Waals surface area contributed by atoms with Gasteiger partial charge < -0.3 is 9.53 Å². The Morgan fingerprint density at radius 2 is 1.92 bits per heavy atom. The van der Waals surface area contributed by atoms with Gasteiger partial charge in [0.15, 0.2) is 0 Å². The number of carbonyl (C=O) groups is 1. The standard InChI is InChI=1S/C11H20O2/c12-9-5-1-2-6-10-13-11-7-3-4-8-11/h9,11H,1-8,10H2. The molecule has 0 heterocycles. The Morgan fingerprint density at radius 1 is 1.15 bits per heavy atom. The molecule has 0 aromatic heterocycles. The van der Waals surface area contributed by atoms with Crippen molar-refractivity contribution in [2.45, 2.75) is 57.5 Å². The predicted molar refractivity (Wildman–Crippen MR) is 52.7 cm³/mol. The fraction of sp³-hybridized carbons (Fsp3) is 0.909. The van der Waals surface area contributed by atoms with E-state index < -0.39 is 0 Å². The number of hydrogen-bond donors (Lipinski definition) is 0. The van der Waals surface area contributed by atoms with E-state index in [2.05, 4.69) is 0 Å². The molecule has 13 heavy (non-hydrogen) atoms. The summed E-state index contributed by atoms with van der Waals surface area (Å²) in [5.74, 6) is 0. The molecule has 0 unspecified atom stereocenters. The first-order valence-electron chi connectivity index (χ1n) is 5.48. The van der Waals surface area contributed by atoms with Crippen LogP contribution in [0.1, 0.15) is 51.4 Å². The van der Waals surface area contributed by atoms with Gasteiger partial charge in [0.05, 0.1) is 6.10 Å². The molecule has 0 amide bonds. The topological polar surface area (TPSA) is 26.3 Å². The molecular formula is C11H20O2. The fourth-order valence-electron chi connectivity index (χ4n) is 1.81. The Kier molecular flexibility index (Phi) is 5.83. The monoisotopic (exact) mass is 184 g/mol. The lowest BCUT2D eigenvalue weighted by Gasteiger charge is -2.09. The van der Waals surface area contributed by atoms with Crippen molar-refractivity contribution in [3.63, 3.8) is 0 Å². The van der Waals surface area contributed by atoms with Crippen molar-refractivity contribution >= 4 is 6.29 Å². The van der Waals surface area contributed by atoms with Crippen molar-refractivity contribution in [1.82, 2.24) is 0 Å². The molecule has 1 saturated carbocycles. The molecule has 0 N–H and O–H groups in total. The van der Waals surface area contributed by atoms with Gasteiger partial charge in [-0.15, -0.1) is 0 Å². The first-order chi connectivity index (χ1) is 6.43. The van der Waals surface area contributed by atoms with E-state index in [1.54, 1.807) is 0 Å². The molecule has 0 spiro atoms. The van der Waals surface area contributed by atoms with E-state index >= 15 is 0 Å². The predicted octanol–water partition coefficient (Wildman–Crippen LogP) is 2.70. The maximum atomic E-state index is 10.0. The zero-order valence-corrected chi connectivity index (χ0v) is 8.34. The molecule has 1 fully saturated rings. The number of hydrogen-bond acceptors (Lipinski definition) is 2. The van der Waals surface area contributed by atoms with Gasteiger partial charge in [0, 0.05) is 13.0 Å². The molecule has 0 aromatic rings. The molecule has 2 heteroatoms. The summed E-state index contributed by atoms with van der Waals surface area (Å²) in [4.78, 5) is 10.0. The van der Waals surface area contributed by atoms with Crippen molar-refractivity contribution in [2.75, 3.05) is 6.61 Å². The summed E-state index contributed by atoms with van der Waals surface area (Å²) in [7, 11) is 0. The van der Waals surface area contributed by atoms with Crippen molar-refractivity contribution in [2.24, 2.45) is 0 Å². The highest BCUT2D eigenvalue weighted by Gasteiger charge is 2.14. The Hall–Kier alpha value is -0.370. The summed E-state index contributed by atoms with van der Waals surface area (Å²) in [6.45, 7) is 0.892. The molecule has 0 bridgehead atoms. The molecule has 0 aliphatic heterocycles. The molecule has 0 radical (unpaired) electrons. The van der Waals surface area contributed by atoms with Crippen LogP contribution in [0.15, 0.2) is 0 Å². The maximum Gasteiger partial charge on any atom is 0.119 e. The van der Waals surface area contributed by atoms with Crippen LogP contribution in [0.4, 0.5) is 0 Å². The maximum absolute atomic E-state index is 10.0. The van der Waals surface area contributed by atoms with Crippen LogP contribution in [0, 0.1) is 0 Å². The van der Waals surface area contributed by atoms with Crippen molar-refractivity contribution in [3.8, 4) is 0 Å².